The number of nitrogens with zero attached hydrogens (tertiary/aromatic N) is 3. The number of nitrogens with two attached hydrogens (primary N) is 1. The van der Waals surface area contributed by atoms with Gasteiger partial charge >= 0.3 is 0 Å². The number of fused-ring (bicyclic) bond motifs is 1. The average Bonchev–Trinajstić information content (AvgIpc) is 2.78. The maximum Gasteiger partial charge on any atom is 0.170 e. The van der Waals surface area contributed by atoms with E-state index in [2.05, 4.69) is 27.2 Å². The van der Waals surface area contributed by atoms with Gasteiger partial charge in [0.2, 0.25) is 0 Å². The first-order valence-electron chi connectivity index (χ1n) is 6.77. The van der Waals surface area contributed by atoms with E-state index in [4.69, 9.17) is 5.73 Å². The normalized spacial score (nSPS) is 12.5. The molecule has 3 N–H and O–H groups in total. The highest BCUT2D eigenvalue weighted by atomic mass is 32.1. The third kappa shape index (κ3) is 2.67. The Balaban J connectivity index is 1.94. The summed E-state index contributed by atoms with van der Waals surface area (Å²) in [7, 11) is 0. The molecular weight excluding hydrogens is 282 g/mol. The lowest BCUT2D eigenvalue weighted by Gasteiger charge is -2.15. The fourth-order valence-electron chi connectivity index (χ4n) is 2.34. The Kier molecular flexibility index (Phi) is 3.47. The molecule has 2 aromatic heterocycles. The van der Waals surface area contributed by atoms with Crippen molar-refractivity contribution in [2.75, 3.05) is 11.1 Å². The maximum atomic E-state index is 6.01. The minimum atomic E-state index is 0.0916. The van der Waals surface area contributed by atoms with E-state index in [1.54, 1.807) is 11.3 Å². The van der Waals surface area contributed by atoms with Gasteiger partial charge in [0.25, 0.3) is 0 Å². The molecule has 2 heterocycles. The Morgan fingerprint density at radius 3 is 2.38 bits per heavy atom. The molecule has 0 aliphatic heterocycles. The third-order valence-corrected chi connectivity index (χ3v) is 4.54. The van der Waals surface area contributed by atoms with Crippen molar-refractivity contribution in [2.45, 2.75) is 26.8 Å². The smallest absolute Gasteiger partial charge is 0.170 e. The van der Waals surface area contributed by atoms with Crippen LogP contribution in [0.5, 0.6) is 0 Å². The first kappa shape index (κ1) is 13.8. The zero-order valence-electron chi connectivity index (χ0n) is 12.2. The number of anilines is 2. The quantitative estimate of drug-likeness (QED) is 0.774. The standard InChI is InChI=1S/C15H17N5S/c1-8-13(21-10(3)17-8)9(2)18-15-14(16)19-11-6-4-5-7-12(11)20-15/h4-7,9H,1-3H3,(H2,16,19)(H,18,20). The van der Waals surface area contributed by atoms with Gasteiger partial charge in [-0.25, -0.2) is 15.0 Å². The highest BCUT2D eigenvalue weighted by Crippen LogP contribution is 2.29. The minimum Gasteiger partial charge on any atom is -0.381 e. The van der Waals surface area contributed by atoms with Crippen molar-refractivity contribution in [1.29, 1.82) is 0 Å². The molecule has 3 aromatic rings. The Morgan fingerprint density at radius 1 is 1.10 bits per heavy atom. The van der Waals surface area contributed by atoms with Crippen LogP contribution in [0, 0.1) is 13.8 Å². The van der Waals surface area contributed by atoms with Crippen LogP contribution < -0.4 is 11.1 Å². The summed E-state index contributed by atoms with van der Waals surface area (Å²) in [5.41, 5.74) is 8.69. The number of thiazole rings is 1. The number of hydrogen-bond donors (Lipinski definition) is 2. The fourth-order valence-corrected chi connectivity index (χ4v) is 3.27. The molecule has 0 aliphatic carbocycles. The van der Waals surface area contributed by atoms with E-state index in [1.807, 2.05) is 38.1 Å². The summed E-state index contributed by atoms with van der Waals surface area (Å²) in [5, 5.41) is 4.41. The summed E-state index contributed by atoms with van der Waals surface area (Å²) >= 11 is 1.69. The van der Waals surface area contributed by atoms with Crippen molar-refractivity contribution in [2.24, 2.45) is 0 Å². The summed E-state index contributed by atoms with van der Waals surface area (Å²) in [6, 6.07) is 7.80. The van der Waals surface area contributed by atoms with Crippen LogP contribution in [0.2, 0.25) is 0 Å². The number of rotatable bonds is 3. The molecule has 0 bridgehead atoms. The van der Waals surface area contributed by atoms with E-state index in [-0.39, 0.29) is 6.04 Å². The van der Waals surface area contributed by atoms with Gasteiger partial charge < -0.3 is 11.1 Å². The molecule has 0 spiro atoms. The largest absolute Gasteiger partial charge is 0.381 e. The van der Waals surface area contributed by atoms with Crippen molar-refractivity contribution in [1.82, 2.24) is 15.0 Å². The highest BCUT2D eigenvalue weighted by Gasteiger charge is 2.15. The van der Waals surface area contributed by atoms with E-state index >= 15 is 0 Å². The van der Waals surface area contributed by atoms with Gasteiger partial charge in [0, 0.05) is 4.88 Å². The number of benzene rings is 1. The van der Waals surface area contributed by atoms with Gasteiger partial charge in [0.05, 0.1) is 27.8 Å². The lowest BCUT2D eigenvalue weighted by molar-refractivity contribution is 0.881. The molecule has 108 valence electrons. The van der Waals surface area contributed by atoms with Crippen LogP contribution in [0.4, 0.5) is 11.6 Å². The predicted octanol–water partition coefficient (Wildman–Crippen LogP) is 3.46. The van der Waals surface area contributed by atoms with Gasteiger partial charge in [-0.2, -0.15) is 0 Å². The van der Waals surface area contributed by atoms with Crippen molar-refractivity contribution in [3.63, 3.8) is 0 Å². The Labute approximate surface area is 127 Å². The van der Waals surface area contributed by atoms with Crippen LogP contribution in [-0.4, -0.2) is 15.0 Å². The second-order valence-corrected chi connectivity index (χ2v) is 6.23. The van der Waals surface area contributed by atoms with Crippen molar-refractivity contribution < 1.29 is 0 Å². The first-order chi connectivity index (χ1) is 10.0. The van der Waals surface area contributed by atoms with Crippen LogP contribution in [0.1, 0.15) is 28.5 Å². The Bertz CT molecular complexity index is 796. The van der Waals surface area contributed by atoms with Crippen molar-refractivity contribution in [3.05, 3.63) is 39.8 Å². The number of aromatic nitrogens is 3. The van der Waals surface area contributed by atoms with E-state index in [1.165, 1.54) is 4.88 Å². The number of nitrogens with one attached hydrogen (secondary N) is 1. The van der Waals surface area contributed by atoms with Gasteiger partial charge in [0.1, 0.15) is 0 Å². The molecule has 0 aliphatic rings. The van der Waals surface area contributed by atoms with Gasteiger partial charge in [0.15, 0.2) is 11.6 Å². The maximum absolute atomic E-state index is 6.01. The number of nitrogen functional groups attached to an aromatic ring is 1. The summed E-state index contributed by atoms with van der Waals surface area (Å²) in [4.78, 5) is 14.6. The highest BCUT2D eigenvalue weighted by molar-refractivity contribution is 7.11. The number of para-hydroxylation sites is 2. The van der Waals surface area contributed by atoms with Crippen molar-refractivity contribution in [3.8, 4) is 0 Å². The van der Waals surface area contributed by atoms with Crippen LogP contribution in [0.3, 0.4) is 0 Å². The van der Waals surface area contributed by atoms with Gasteiger partial charge in [-0.1, -0.05) is 12.1 Å². The molecule has 1 unspecified atom stereocenters. The summed E-state index contributed by atoms with van der Waals surface area (Å²) in [6.45, 7) is 6.11. The summed E-state index contributed by atoms with van der Waals surface area (Å²) in [6.07, 6.45) is 0. The number of aryl methyl sites for hydroxylation is 2. The first-order valence-corrected chi connectivity index (χ1v) is 7.59. The SMILES string of the molecule is Cc1nc(C)c(C(C)Nc2nc3ccccc3nc2N)s1. The zero-order chi connectivity index (χ0) is 15.0. The van der Waals surface area contributed by atoms with Gasteiger partial charge in [-0.15, -0.1) is 11.3 Å². The van der Waals surface area contributed by atoms with Crippen LogP contribution in [-0.2, 0) is 0 Å². The predicted molar refractivity (Wildman–Crippen MR) is 87.6 cm³/mol. The molecule has 0 radical (unpaired) electrons. The number of hydrogen-bond acceptors (Lipinski definition) is 6. The molecule has 1 aromatic carbocycles. The third-order valence-electron chi connectivity index (χ3n) is 3.28. The molecule has 21 heavy (non-hydrogen) atoms. The Morgan fingerprint density at radius 2 is 1.76 bits per heavy atom. The van der Waals surface area contributed by atoms with E-state index in [9.17, 15) is 0 Å². The van der Waals surface area contributed by atoms with E-state index in [0.29, 0.717) is 11.6 Å². The van der Waals surface area contributed by atoms with Crippen molar-refractivity contribution >= 4 is 34.0 Å². The zero-order valence-corrected chi connectivity index (χ0v) is 13.0. The molecule has 6 heteroatoms. The minimum absolute atomic E-state index is 0.0916. The molecular formula is C15H17N5S. The molecule has 0 amide bonds. The topological polar surface area (TPSA) is 76.7 Å². The fraction of sp³-hybridized carbons (Fsp3) is 0.267. The van der Waals surface area contributed by atoms with Crippen LogP contribution in [0.15, 0.2) is 24.3 Å². The van der Waals surface area contributed by atoms with Gasteiger partial charge in [-0.3, -0.25) is 0 Å². The molecule has 0 saturated carbocycles. The van der Waals surface area contributed by atoms with Crippen LogP contribution in [0.25, 0.3) is 11.0 Å². The second kappa shape index (κ2) is 5.29. The summed E-state index contributed by atoms with van der Waals surface area (Å²) in [5.74, 6) is 1.03. The monoisotopic (exact) mass is 299 g/mol. The van der Waals surface area contributed by atoms with Crippen LogP contribution >= 0.6 is 11.3 Å². The van der Waals surface area contributed by atoms with Gasteiger partial charge in [-0.05, 0) is 32.9 Å². The van der Waals surface area contributed by atoms with E-state index < -0.39 is 0 Å². The summed E-state index contributed by atoms with van der Waals surface area (Å²) < 4.78 is 0. The molecule has 3 rings (SSSR count). The second-order valence-electron chi connectivity index (χ2n) is 4.99. The molecule has 0 fully saturated rings. The lowest BCUT2D eigenvalue weighted by Crippen LogP contribution is -2.11. The Hall–Kier alpha value is -2.21. The molecule has 5 nitrogen and oxygen atoms in total. The molecule has 0 saturated heterocycles. The molecule has 1 atom stereocenters. The lowest BCUT2D eigenvalue weighted by atomic mass is 10.2. The average molecular weight is 299 g/mol. The van der Waals surface area contributed by atoms with E-state index in [0.717, 1.165) is 21.7 Å².